The number of nitrogens with two attached hydrogens (primary N) is 1. The summed E-state index contributed by atoms with van der Waals surface area (Å²) in [7, 11) is 1.58. The number of nitrogens with one attached hydrogen (secondary N) is 1. The predicted octanol–water partition coefficient (Wildman–Crippen LogP) is 0.309. The second-order valence-electron chi connectivity index (χ2n) is 4.22. The van der Waals surface area contributed by atoms with Gasteiger partial charge in [0.15, 0.2) is 6.10 Å². The number of anilines is 1. The lowest BCUT2D eigenvalue weighted by molar-refractivity contribution is -0.147. The zero-order valence-electron chi connectivity index (χ0n) is 10.8. The lowest BCUT2D eigenvalue weighted by Crippen LogP contribution is -2.42. The summed E-state index contributed by atoms with van der Waals surface area (Å²) in [6.45, 7) is 1.61. The van der Waals surface area contributed by atoms with E-state index >= 15 is 0 Å². The summed E-state index contributed by atoms with van der Waals surface area (Å²) in [5, 5.41) is 2.79. The van der Waals surface area contributed by atoms with Crippen molar-refractivity contribution in [3.8, 4) is 5.75 Å². The van der Waals surface area contributed by atoms with Crippen LogP contribution in [0, 0.1) is 0 Å². The minimum atomic E-state index is -0.541. The summed E-state index contributed by atoms with van der Waals surface area (Å²) in [5.74, 6) is 0.500. The second kappa shape index (κ2) is 6.40. The van der Waals surface area contributed by atoms with Crippen LogP contribution in [0.15, 0.2) is 18.2 Å². The summed E-state index contributed by atoms with van der Waals surface area (Å²) >= 11 is 0. The molecule has 1 aliphatic heterocycles. The van der Waals surface area contributed by atoms with Crippen molar-refractivity contribution >= 4 is 11.6 Å². The number of rotatable bonds is 4. The van der Waals surface area contributed by atoms with Gasteiger partial charge in [0.1, 0.15) is 5.75 Å². The summed E-state index contributed by atoms with van der Waals surface area (Å²) in [4.78, 5) is 11.9. The number of nitrogen functional groups attached to an aromatic ring is 1. The van der Waals surface area contributed by atoms with E-state index < -0.39 is 6.10 Å². The highest BCUT2D eigenvalue weighted by Gasteiger charge is 2.22. The third kappa shape index (κ3) is 3.59. The summed E-state index contributed by atoms with van der Waals surface area (Å²) in [6, 6.07) is 5.30. The first-order valence-electron chi connectivity index (χ1n) is 6.10. The van der Waals surface area contributed by atoms with Crippen molar-refractivity contribution in [3.63, 3.8) is 0 Å². The van der Waals surface area contributed by atoms with Crippen molar-refractivity contribution in [2.45, 2.75) is 12.6 Å². The molecule has 0 aromatic heterocycles. The number of ether oxygens (including phenoxy) is 3. The molecule has 0 spiro atoms. The van der Waals surface area contributed by atoms with Crippen LogP contribution in [0.1, 0.15) is 5.56 Å². The number of benzene rings is 1. The second-order valence-corrected chi connectivity index (χ2v) is 4.22. The number of carbonyl (C=O) groups is 1. The molecule has 1 saturated heterocycles. The third-order valence-electron chi connectivity index (χ3n) is 2.87. The average molecular weight is 266 g/mol. The highest BCUT2D eigenvalue weighted by Crippen LogP contribution is 2.20. The van der Waals surface area contributed by atoms with Crippen LogP contribution in [0.25, 0.3) is 0 Å². The molecule has 1 amide bonds. The molecule has 19 heavy (non-hydrogen) atoms. The van der Waals surface area contributed by atoms with E-state index in [0.29, 0.717) is 37.8 Å². The van der Waals surface area contributed by atoms with Gasteiger partial charge in [0.2, 0.25) is 0 Å². The molecule has 1 aromatic rings. The molecular weight excluding hydrogens is 248 g/mol. The zero-order valence-corrected chi connectivity index (χ0v) is 10.8. The van der Waals surface area contributed by atoms with Gasteiger partial charge in [0, 0.05) is 17.8 Å². The average Bonchev–Trinajstić information content (AvgIpc) is 2.46. The highest BCUT2D eigenvalue weighted by molar-refractivity contribution is 5.81. The van der Waals surface area contributed by atoms with Crippen LogP contribution in [-0.4, -0.2) is 38.9 Å². The van der Waals surface area contributed by atoms with E-state index in [1.807, 2.05) is 0 Å². The molecule has 0 saturated carbocycles. The Bertz CT molecular complexity index is 444. The Hall–Kier alpha value is -1.79. The Morgan fingerprint density at radius 2 is 2.37 bits per heavy atom. The van der Waals surface area contributed by atoms with E-state index in [4.69, 9.17) is 19.9 Å². The fourth-order valence-corrected chi connectivity index (χ4v) is 1.87. The summed E-state index contributed by atoms with van der Waals surface area (Å²) < 4.78 is 15.7. The maximum absolute atomic E-state index is 11.9. The van der Waals surface area contributed by atoms with E-state index in [2.05, 4.69) is 5.32 Å². The molecule has 6 heteroatoms. The van der Waals surface area contributed by atoms with Crippen LogP contribution in [0.4, 0.5) is 5.69 Å². The molecule has 0 radical (unpaired) electrons. The van der Waals surface area contributed by atoms with Crippen molar-refractivity contribution < 1.29 is 19.0 Å². The molecule has 0 aliphatic carbocycles. The van der Waals surface area contributed by atoms with Crippen LogP contribution in [0.2, 0.25) is 0 Å². The SMILES string of the molecule is COc1ccc(N)cc1CNC(=O)C1COCCO1. The van der Waals surface area contributed by atoms with Gasteiger partial charge in [-0.3, -0.25) is 4.79 Å². The van der Waals surface area contributed by atoms with Gasteiger partial charge < -0.3 is 25.3 Å². The molecule has 1 heterocycles. The Labute approximate surface area is 111 Å². The molecule has 1 atom stereocenters. The number of carbonyl (C=O) groups excluding carboxylic acids is 1. The molecule has 104 valence electrons. The smallest absolute Gasteiger partial charge is 0.251 e. The molecular formula is C13H18N2O4. The normalized spacial score (nSPS) is 18.9. The van der Waals surface area contributed by atoms with Crippen molar-refractivity contribution in [2.24, 2.45) is 0 Å². The van der Waals surface area contributed by atoms with Crippen LogP contribution in [-0.2, 0) is 20.8 Å². The minimum Gasteiger partial charge on any atom is -0.496 e. The molecule has 3 N–H and O–H groups in total. The van der Waals surface area contributed by atoms with Gasteiger partial charge in [0.25, 0.3) is 5.91 Å². The Morgan fingerprint density at radius 1 is 1.53 bits per heavy atom. The molecule has 1 fully saturated rings. The Morgan fingerprint density at radius 3 is 3.05 bits per heavy atom. The molecule has 1 aromatic carbocycles. The lowest BCUT2D eigenvalue weighted by atomic mass is 10.1. The fraction of sp³-hybridized carbons (Fsp3) is 0.462. The van der Waals surface area contributed by atoms with Crippen molar-refractivity contribution in [1.82, 2.24) is 5.32 Å². The van der Waals surface area contributed by atoms with Gasteiger partial charge in [-0.1, -0.05) is 0 Å². The van der Waals surface area contributed by atoms with Crippen LogP contribution in [0.5, 0.6) is 5.75 Å². The van der Waals surface area contributed by atoms with Crippen LogP contribution < -0.4 is 15.8 Å². The topological polar surface area (TPSA) is 82.8 Å². The molecule has 1 unspecified atom stereocenters. The lowest BCUT2D eigenvalue weighted by Gasteiger charge is -2.22. The van der Waals surface area contributed by atoms with Crippen LogP contribution in [0.3, 0.4) is 0 Å². The van der Waals surface area contributed by atoms with Gasteiger partial charge in [-0.05, 0) is 18.2 Å². The number of methoxy groups -OCH3 is 1. The van der Waals surface area contributed by atoms with E-state index in [0.717, 1.165) is 5.56 Å². The number of hydrogen-bond donors (Lipinski definition) is 2. The zero-order chi connectivity index (χ0) is 13.7. The van der Waals surface area contributed by atoms with E-state index in [1.165, 1.54) is 0 Å². The first-order chi connectivity index (χ1) is 9.20. The monoisotopic (exact) mass is 266 g/mol. The van der Waals surface area contributed by atoms with Gasteiger partial charge in [-0.15, -0.1) is 0 Å². The van der Waals surface area contributed by atoms with Gasteiger partial charge in [-0.25, -0.2) is 0 Å². The van der Waals surface area contributed by atoms with E-state index in [9.17, 15) is 4.79 Å². The minimum absolute atomic E-state index is 0.191. The largest absolute Gasteiger partial charge is 0.496 e. The van der Waals surface area contributed by atoms with E-state index in [1.54, 1.807) is 25.3 Å². The maximum Gasteiger partial charge on any atom is 0.251 e. The summed E-state index contributed by atoms with van der Waals surface area (Å²) in [6.07, 6.45) is -0.541. The predicted molar refractivity (Wildman–Crippen MR) is 69.8 cm³/mol. The molecule has 6 nitrogen and oxygen atoms in total. The number of amides is 1. The van der Waals surface area contributed by atoms with Crippen LogP contribution >= 0.6 is 0 Å². The fourth-order valence-electron chi connectivity index (χ4n) is 1.87. The maximum atomic E-state index is 11.9. The highest BCUT2D eigenvalue weighted by atomic mass is 16.6. The Kier molecular flexibility index (Phi) is 4.59. The quantitative estimate of drug-likeness (QED) is 0.766. The van der Waals surface area contributed by atoms with Crippen molar-refractivity contribution in [1.29, 1.82) is 0 Å². The summed E-state index contributed by atoms with van der Waals surface area (Å²) in [5.41, 5.74) is 7.17. The first-order valence-corrected chi connectivity index (χ1v) is 6.10. The van der Waals surface area contributed by atoms with Gasteiger partial charge >= 0.3 is 0 Å². The van der Waals surface area contributed by atoms with Gasteiger partial charge in [-0.2, -0.15) is 0 Å². The molecule has 1 aliphatic rings. The standard InChI is InChI=1S/C13H18N2O4/c1-17-11-3-2-10(14)6-9(11)7-15-13(16)12-8-18-4-5-19-12/h2-3,6,12H,4-5,7-8,14H2,1H3,(H,15,16). The third-order valence-corrected chi connectivity index (χ3v) is 2.87. The number of hydrogen-bond acceptors (Lipinski definition) is 5. The molecule has 0 bridgehead atoms. The van der Waals surface area contributed by atoms with Crippen molar-refractivity contribution in [3.05, 3.63) is 23.8 Å². The van der Waals surface area contributed by atoms with Crippen molar-refractivity contribution in [2.75, 3.05) is 32.7 Å². The van der Waals surface area contributed by atoms with E-state index in [-0.39, 0.29) is 5.91 Å². The van der Waals surface area contributed by atoms with Gasteiger partial charge in [0.05, 0.1) is 26.9 Å². The Balaban J connectivity index is 1.94. The first kappa shape index (κ1) is 13.6. The molecule has 2 rings (SSSR count).